The molecule has 0 aromatic carbocycles. The summed E-state index contributed by atoms with van der Waals surface area (Å²) in [7, 11) is -3.24. The minimum Gasteiger partial charge on any atom is -0.270 e. The number of alkyl halides is 1. The van der Waals surface area contributed by atoms with Gasteiger partial charge in [-0.05, 0) is 19.3 Å². The largest absolute Gasteiger partial charge is 0.270 e. The summed E-state index contributed by atoms with van der Waals surface area (Å²) in [4.78, 5) is 0. The van der Waals surface area contributed by atoms with Crippen LogP contribution in [-0.2, 0) is 14.3 Å². The molecular weight excluding hydrogens is 188 g/mol. The molecule has 0 saturated heterocycles. The quantitative estimate of drug-likeness (QED) is 0.370. The van der Waals surface area contributed by atoms with Crippen molar-refractivity contribution in [3.05, 3.63) is 0 Å². The van der Waals surface area contributed by atoms with E-state index in [9.17, 15) is 8.42 Å². The second-order valence-corrected chi connectivity index (χ2v) is 4.30. The fourth-order valence-electron chi connectivity index (χ4n) is 0.584. The van der Waals surface area contributed by atoms with Crippen molar-refractivity contribution in [2.24, 2.45) is 0 Å². The van der Waals surface area contributed by atoms with Crippen LogP contribution in [0.2, 0.25) is 0 Å². The van der Waals surface area contributed by atoms with Crippen molar-refractivity contribution in [3.63, 3.8) is 0 Å². The van der Waals surface area contributed by atoms with Gasteiger partial charge in [0.2, 0.25) is 0 Å². The Morgan fingerprint density at radius 1 is 1.27 bits per heavy atom. The van der Waals surface area contributed by atoms with E-state index in [0.29, 0.717) is 5.88 Å². The van der Waals surface area contributed by atoms with Crippen LogP contribution in [0.4, 0.5) is 0 Å². The molecule has 0 N–H and O–H groups in total. The van der Waals surface area contributed by atoms with Gasteiger partial charge in [0.25, 0.3) is 10.1 Å². The summed E-state index contributed by atoms with van der Waals surface area (Å²) in [5, 5.41) is 0. The van der Waals surface area contributed by atoms with Gasteiger partial charge in [0.15, 0.2) is 0 Å². The van der Waals surface area contributed by atoms with Gasteiger partial charge >= 0.3 is 0 Å². The maximum Gasteiger partial charge on any atom is 0.264 e. The van der Waals surface area contributed by atoms with E-state index in [1.54, 1.807) is 0 Å². The van der Waals surface area contributed by atoms with Gasteiger partial charge in [-0.3, -0.25) is 4.18 Å². The Kier molecular flexibility index (Phi) is 5.91. The SMILES string of the molecule is CS(=O)(=O)OCCCCCCl. The lowest BCUT2D eigenvalue weighted by molar-refractivity contribution is 0.311. The average Bonchev–Trinajstić information content (AvgIpc) is 1.85. The third-order valence-electron chi connectivity index (χ3n) is 1.08. The van der Waals surface area contributed by atoms with Gasteiger partial charge in [0, 0.05) is 5.88 Å². The third-order valence-corrected chi connectivity index (χ3v) is 1.94. The first kappa shape index (κ1) is 11.2. The van der Waals surface area contributed by atoms with Gasteiger partial charge in [0.1, 0.15) is 0 Å². The van der Waals surface area contributed by atoms with E-state index < -0.39 is 10.1 Å². The van der Waals surface area contributed by atoms with Gasteiger partial charge < -0.3 is 0 Å². The molecule has 0 heterocycles. The Labute approximate surface area is 72.8 Å². The van der Waals surface area contributed by atoms with Gasteiger partial charge in [-0.2, -0.15) is 8.42 Å². The smallest absolute Gasteiger partial charge is 0.264 e. The first-order valence-electron chi connectivity index (χ1n) is 3.46. The normalized spacial score (nSPS) is 11.8. The molecule has 0 aromatic rings. The molecule has 3 nitrogen and oxygen atoms in total. The highest BCUT2D eigenvalue weighted by Gasteiger charge is 1.99. The molecule has 11 heavy (non-hydrogen) atoms. The molecule has 5 heteroatoms. The molecule has 0 aromatic heterocycles. The molecule has 0 atom stereocenters. The van der Waals surface area contributed by atoms with Gasteiger partial charge in [0.05, 0.1) is 12.9 Å². The molecule has 0 bridgehead atoms. The molecule has 0 spiro atoms. The van der Waals surface area contributed by atoms with Crippen molar-refractivity contribution in [1.82, 2.24) is 0 Å². The van der Waals surface area contributed by atoms with Crippen LogP contribution in [0.3, 0.4) is 0 Å². The van der Waals surface area contributed by atoms with Crippen LogP contribution in [0.25, 0.3) is 0 Å². The monoisotopic (exact) mass is 200 g/mol. The van der Waals surface area contributed by atoms with Crippen molar-refractivity contribution in [3.8, 4) is 0 Å². The lowest BCUT2D eigenvalue weighted by Gasteiger charge is -1.98. The van der Waals surface area contributed by atoms with E-state index >= 15 is 0 Å². The minimum absolute atomic E-state index is 0.274. The number of unbranched alkanes of at least 4 members (excludes halogenated alkanes) is 2. The second-order valence-electron chi connectivity index (χ2n) is 2.28. The highest BCUT2D eigenvalue weighted by atomic mass is 35.5. The minimum atomic E-state index is -3.24. The predicted molar refractivity (Wildman–Crippen MR) is 45.4 cm³/mol. The number of rotatable bonds is 6. The summed E-state index contributed by atoms with van der Waals surface area (Å²) in [6, 6.07) is 0. The van der Waals surface area contributed by atoms with Crippen molar-refractivity contribution in [2.45, 2.75) is 19.3 Å². The van der Waals surface area contributed by atoms with Crippen LogP contribution in [0, 0.1) is 0 Å². The van der Waals surface area contributed by atoms with Crippen LogP contribution < -0.4 is 0 Å². The van der Waals surface area contributed by atoms with Gasteiger partial charge in [-0.15, -0.1) is 11.6 Å². The average molecular weight is 201 g/mol. The molecule has 0 aliphatic heterocycles. The van der Waals surface area contributed by atoms with Crippen LogP contribution in [0.15, 0.2) is 0 Å². The zero-order valence-electron chi connectivity index (χ0n) is 6.55. The number of hydrogen-bond donors (Lipinski definition) is 0. The first-order valence-corrected chi connectivity index (χ1v) is 5.82. The molecule has 0 amide bonds. The summed E-state index contributed by atoms with van der Waals surface area (Å²) in [6.07, 6.45) is 3.63. The van der Waals surface area contributed by atoms with Crippen molar-refractivity contribution >= 4 is 21.7 Å². The fraction of sp³-hybridized carbons (Fsp3) is 1.00. The van der Waals surface area contributed by atoms with Crippen molar-refractivity contribution in [1.29, 1.82) is 0 Å². The van der Waals surface area contributed by atoms with Crippen LogP contribution in [-0.4, -0.2) is 27.2 Å². The van der Waals surface area contributed by atoms with Crippen molar-refractivity contribution < 1.29 is 12.6 Å². The van der Waals surface area contributed by atoms with Crippen LogP contribution in [0.1, 0.15) is 19.3 Å². The van der Waals surface area contributed by atoms with E-state index in [-0.39, 0.29) is 6.61 Å². The second kappa shape index (κ2) is 5.80. The van der Waals surface area contributed by atoms with Crippen LogP contribution in [0.5, 0.6) is 0 Å². The summed E-state index contributed by atoms with van der Waals surface area (Å²) < 4.78 is 25.3. The molecule has 0 fully saturated rings. The Balaban J connectivity index is 3.16. The maximum absolute atomic E-state index is 10.4. The van der Waals surface area contributed by atoms with E-state index in [1.165, 1.54) is 0 Å². The van der Waals surface area contributed by atoms with E-state index in [2.05, 4.69) is 4.18 Å². The number of halogens is 1. The molecule has 0 unspecified atom stereocenters. The van der Waals surface area contributed by atoms with E-state index in [0.717, 1.165) is 25.5 Å². The standard InChI is InChI=1S/C6H13ClO3S/c1-11(8,9)10-6-4-2-3-5-7/h2-6H2,1H3. The Morgan fingerprint density at radius 3 is 2.36 bits per heavy atom. The molecular formula is C6H13ClO3S. The highest BCUT2D eigenvalue weighted by molar-refractivity contribution is 7.85. The van der Waals surface area contributed by atoms with E-state index in [4.69, 9.17) is 11.6 Å². The highest BCUT2D eigenvalue weighted by Crippen LogP contribution is 1.98. The van der Waals surface area contributed by atoms with E-state index in [1.807, 2.05) is 0 Å². The molecule has 0 aliphatic rings. The Bertz CT molecular complexity index is 176. The fourth-order valence-corrected chi connectivity index (χ4v) is 1.19. The Morgan fingerprint density at radius 2 is 1.91 bits per heavy atom. The lowest BCUT2D eigenvalue weighted by Crippen LogP contribution is -2.03. The summed E-state index contributed by atoms with van der Waals surface area (Å²) in [5.74, 6) is 0.624. The van der Waals surface area contributed by atoms with Gasteiger partial charge in [-0.25, -0.2) is 0 Å². The molecule has 68 valence electrons. The van der Waals surface area contributed by atoms with Gasteiger partial charge in [-0.1, -0.05) is 0 Å². The van der Waals surface area contributed by atoms with Crippen LogP contribution >= 0.6 is 11.6 Å². The molecule has 0 saturated carbocycles. The summed E-state index contributed by atoms with van der Waals surface area (Å²) in [6.45, 7) is 0.274. The Hall–Kier alpha value is 0.200. The molecule has 0 radical (unpaired) electrons. The zero-order valence-corrected chi connectivity index (χ0v) is 8.12. The summed E-state index contributed by atoms with van der Waals surface area (Å²) >= 11 is 5.41. The molecule has 0 rings (SSSR count). The predicted octanol–water partition coefficient (Wildman–Crippen LogP) is 1.37. The zero-order chi connectivity index (χ0) is 8.74. The van der Waals surface area contributed by atoms with Crippen molar-refractivity contribution in [2.75, 3.05) is 18.7 Å². The topological polar surface area (TPSA) is 43.4 Å². The maximum atomic E-state index is 10.4. The molecule has 0 aliphatic carbocycles. The summed E-state index contributed by atoms with van der Waals surface area (Å²) in [5.41, 5.74) is 0. The third kappa shape index (κ3) is 10.2. The lowest BCUT2D eigenvalue weighted by atomic mass is 10.3. The first-order chi connectivity index (χ1) is 5.06. The number of hydrogen-bond acceptors (Lipinski definition) is 3.